The van der Waals surface area contributed by atoms with E-state index < -0.39 is 0 Å². The van der Waals surface area contributed by atoms with Gasteiger partial charge < -0.3 is 5.32 Å². The topological polar surface area (TPSA) is 27.3 Å². The Hall–Kier alpha value is -0.120. The van der Waals surface area contributed by atoms with Crippen LogP contribution >= 0.6 is 0 Å². The molecule has 0 bridgehead atoms. The second-order valence-corrected chi connectivity index (χ2v) is 2.16. The van der Waals surface area contributed by atoms with Crippen LogP contribution in [0.25, 0.3) is 0 Å². The summed E-state index contributed by atoms with van der Waals surface area (Å²) in [6.07, 6.45) is 0. The van der Waals surface area contributed by atoms with Gasteiger partial charge in [-0.25, -0.2) is 5.01 Å². The molecule has 0 heterocycles. The van der Waals surface area contributed by atoms with Crippen molar-refractivity contribution in [2.45, 2.75) is 13.8 Å². The van der Waals surface area contributed by atoms with Crippen LogP contribution < -0.4 is 10.7 Å². The molecule has 0 amide bonds. The molecule has 0 aromatic rings. The average molecular weight is 145 g/mol. The Kier molecular flexibility index (Phi) is 6.91. The fourth-order valence-corrected chi connectivity index (χ4v) is 0.819. The van der Waals surface area contributed by atoms with Crippen molar-refractivity contribution >= 4 is 0 Å². The summed E-state index contributed by atoms with van der Waals surface area (Å²) < 4.78 is 0. The summed E-state index contributed by atoms with van der Waals surface area (Å²) in [5.74, 6) is 0. The Labute approximate surface area is 63.8 Å². The highest BCUT2D eigenvalue weighted by Crippen LogP contribution is 1.76. The summed E-state index contributed by atoms with van der Waals surface area (Å²) >= 11 is 0. The predicted octanol–water partition coefficient (Wildman–Crippen LogP) is 0.0522. The molecule has 0 aromatic carbocycles. The predicted molar refractivity (Wildman–Crippen MR) is 44.9 cm³/mol. The normalized spacial score (nSPS) is 10.8. The van der Waals surface area contributed by atoms with E-state index in [4.69, 9.17) is 0 Å². The van der Waals surface area contributed by atoms with E-state index in [1.54, 1.807) is 0 Å². The Morgan fingerprint density at radius 1 is 1.30 bits per heavy atom. The van der Waals surface area contributed by atoms with Gasteiger partial charge in [0.2, 0.25) is 0 Å². The maximum Gasteiger partial charge on any atom is 0.0256 e. The van der Waals surface area contributed by atoms with Crippen molar-refractivity contribution in [3.05, 3.63) is 0 Å². The summed E-state index contributed by atoms with van der Waals surface area (Å²) in [6.45, 7) is 8.51. The van der Waals surface area contributed by atoms with Crippen LogP contribution in [0.3, 0.4) is 0 Å². The molecule has 2 N–H and O–H groups in total. The molecule has 3 nitrogen and oxygen atoms in total. The Balaban J connectivity index is 3.09. The maximum atomic E-state index is 3.27. The first kappa shape index (κ1) is 9.88. The van der Waals surface area contributed by atoms with Crippen molar-refractivity contribution in [2.75, 3.05) is 33.2 Å². The third-order valence-corrected chi connectivity index (χ3v) is 1.51. The van der Waals surface area contributed by atoms with Crippen molar-refractivity contribution in [1.82, 2.24) is 15.8 Å². The second kappa shape index (κ2) is 6.99. The molecule has 0 fully saturated rings. The molecule has 0 aliphatic carbocycles. The molecule has 0 saturated carbocycles. The minimum Gasteiger partial charge on any atom is -0.316 e. The van der Waals surface area contributed by atoms with E-state index in [2.05, 4.69) is 29.6 Å². The van der Waals surface area contributed by atoms with E-state index in [0.717, 1.165) is 26.2 Å². The van der Waals surface area contributed by atoms with E-state index in [0.29, 0.717) is 0 Å². The van der Waals surface area contributed by atoms with E-state index in [1.165, 1.54) is 0 Å². The summed E-state index contributed by atoms with van der Waals surface area (Å²) in [5.41, 5.74) is 3.10. The van der Waals surface area contributed by atoms with Crippen LogP contribution in [0.1, 0.15) is 13.8 Å². The number of rotatable bonds is 6. The minimum atomic E-state index is 1.06. The van der Waals surface area contributed by atoms with Gasteiger partial charge in [0, 0.05) is 19.6 Å². The fourth-order valence-electron chi connectivity index (χ4n) is 0.819. The second-order valence-electron chi connectivity index (χ2n) is 2.16. The molecule has 62 valence electrons. The Morgan fingerprint density at radius 3 is 2.40 bits per heavy atom. The highest BCUT2D eigenvalue weighted by molar-refractivity contribution is 4.49. The fraction of sp³-hybridized carbons (Fsp3) is 1.00. The van der Waals surface area contributed by atoms with Crippen LogP contribution in [0.15, 0.2) is 0 Å². The smallest absolute Gasteiger partial charge is 0.0256 e. The average Bonchev–Trinajstić information content (AvgIpc) is 1.99. The molecule has 0 atom stereocenters. The first-order valence-corrected chi connectivity index (χ1v) is 3.98. The maximum absolute atomic E-state index is 3.27. The number of hydrogen-bond donors (Lipinski definition) is 2. The van der Waals surface area contributed by atoms with Crippen LogP contribution in [0.2, 0.25) is 0 Å². The molecule has 0 aliphatic heterocycles. The van der Waals surface area contributed by atoms with E-state index in [-0.39, 0.29) is 0 Å². The summed E-state index contributed by atoms with van der Waals surface area (Å²) in [4.78, 5) is 0. The lowest BCUT2D eigenvalue weighted by molar-refractivity contribution is 0.220. The SMILES string of the molecule is CCNCCN(CC)NC. The van der Waals surface area contributed by atoms with Crippen molar-refractivity contribution in [1.29, 1.82) is 0 Å². The van der Waals surface area contributed by atoms with Gasteiger partial charge in [-0.2, -0.15) is 0 Å². The summed E-state index contributed by atoms with van der Waals surface area (Å²) in [7, 11) is 1.95. The molecule has 0 aliphatic rings. The zero-order valence-electron chi connectivity index (χ0n) is 7.28. The van der Waals surface area contributed by atoms with Crippen molar-refractivity contribution in [3.63, 3.8) is 0 Å². The lowest BCUT2D eigenvalue weighted by Gasteiger charge is -2.18. The quantitative estimate of drug-likeness (QED) is 0.408. The Bertz CT molecular complexity index is 61.9. The van der Waals surface area contributed by atoms with Gasteiger partial charge in [-0.15, -0.1) is 0 Å². The number of nitrogens with one attached hydrogen (secondary N) is 2. The molecule has 0 aromatic heterocycles. The van der Waals surface area contributed by atoms with E-state index in [1.807, 2.05) is 7.05 Å². The largest absolute Gasteiger partial charge is 0.316 e. The molecule has 0 rings (SSSR count). The first-order valence-electron chi connectivity index (χ1n) is 3.98. The number of hydrogen-bond acceptors (Lipinski definition) is 3. The minimum absolute atomic E-state index is 1.06. The molecule has 0 saturated heterocycles. The van der Waals surface area contributed by atoms with Gasteiger partial charge in [-0.05, 0) is 13.6 Å². The van der Waals surface area contributed by atoms with Gasteiger partial charge in [0.25, 0.3) is 0 Å². The van der Waals surface area contributed by atoms with Gasteiger partial charge in [0.05, 0.1) is 0 Å². The molecule has 0 unspecified atom stereocenters. The lowest BCUT2D eigenvalue weighted by Crippen LogP contribution is -2.39. The van der Waals surface area contributed by atoms with Gasteiger partial charge in [0.15, 0.2) is 0 Å². The van der Waals surface area contributed by atoms with Crippen LogP contribution in [0.4, 0.5) is 0 Å². The van der Waals surface area contributed by atoms with Gasteiger partial charge >= 0.3 is 0 Å². The molecule has 10 heavy (non-hydrogen) atoms. The van der Waals surface area contributed by atoms with E-state index in [9.17, 15) is 0 Å². The highest BCUT2D eigenvalue weighted by atomic mass is 15.5. The highest BCUT2D eigenvalue weighted by Gasteiger charge is 1.94. The number of likely N-dealkylation sites (N-methyl/N-ethyl adjacent to an activating group) is 2. The molecular formula is C7H19N3. The molecule has 3 heteroatoms. The van der Waals surface area contributed by atoms with Crippen molar-refractivity contribution < 1.29 is 0 Å². The summed E-state index contributed by atoms with van der Waals surface area (Å²) in [5, 5.41) is 5.44. The van der Waals surface area contributed by atoms with E-state index >= 15 is 0 Å². The molecule has 0 spiro atoms. The van der Waals surface area contributed by atoms with Crippen LogP contribution in [0, 0.1) is 0 Å². The lowest BCUT2D eigenvalue weighted by atomic mass is 10.5. The monoisotopic (exact) mass is 145 g/mol. The number of nitrogens with zero attached hydrogens (tertiary/aromatic N) is 1. The van der Waals surface area contributed by atoms with Crippen LogP contribution in [-0.2, 0) is 0 Å². The Morgan fingerprint density at radius 2 is 2.00 bits per heavy atom. The first-order chi connectivity index (χ1) is 4.85. The summed E-state index contributed by atoms with van der Waals surface area (Å²) in [6, 6.07) is 0. The van der Waals surface area contributed by atoms with Gasteiger partial charge in [-0.3, -0.25) is 5.43 Å². The van der Waals surface area contributed by atoms with Gasteiger partial charge in [0.1, 0.15) is 0 Å². The molecular weight excluding hydrogens is 126 g/mol. The van der Waals surface area contributed by atoms with Crippen molar-refractivity contribution in [3.8, 4) is 0 Å². The zero-order chi connectivity index (χ0) is 7.82. The van der Waals surface area contributed by atoms with Crippen LogP contribution in [0.5, 0.6) is 0 Å². The van der Waals surface area contributed by atoms with Crippen molar-refractivity contribution in [2.24, 2.45) is 0 Å². The third kappa shape index (κ3) is 4.73. The van der Waals surface area contributed by atoms with Crippen LogP contribution in [-0.4, -0.2) is 38.2 Å². The number of hydrazine groups is 1. The third-order valence-electron chi connectivity index (χ3n) is 1.51. The zero-order valence-corrected chi connectivity index (χ0v) is 7.28. The molecule has 0 radical (unpaired) electrons. The standard InChI is InChI=1S/C7H19N3/c1-4-9-6-7-10(5-2)8-3/h8-9H,4-7H2,1-3H3. The van der Waals surface area contributed by atoms with Gasteiger partial charge in [-0.1, -0.05) is 13.8 Å².